The minimum absolute atomic E-state index is 0.0773. The van der Waals surface area contributed by atoms with Crippen molar-refractivity contribution in [1.29, 1.82) is 0 Å². The molecule has 1 heterocycles. The number of nitrogens with zero attached hydrogens (tertiary/aromatic N) is 1. The zero-order chi connectivity index (χ0) is 23.1. The summed E-state index contributed by atoms with van der Waals surface area (Å²) in [7, 11) is 2.42. The second-order valence-corrected chi connectivity index (χ2v) is 7.17. The first-order valence-corrected chi connectivity index (χ1v) is 9.97. The van der Waals surface area contributed by atoms with E-state index >= 15 is 0 Å². The van der Waals surface area contributed by atoms with Gasteiger partial charge in [0, 0.05) is 18.8 Å². The third kappa shape index (κ3) is 5.70. The number of rotatable bonds is 7. The van der Waals surface area contributed by atoms with Crippen molar-refractivity contribution in [2.45, 2.75) is 19.0 Å². The van der Waals surface area contributed by atoms with Crippen LogP contribution in [0.3, 0.4) is 0 Å². The number of carbonyl (C=O) groups excluding carboxylic acids is 4. The summed E-state index contributed by atoms with van der Waals surface area (Å²) in [5.74, 6) is -2.28. The number of hydrogen-bond acceptors (Lipinski definition) is 8. The van der Waals surface area contributed by atoms with E-state index in [1.54, 1.807) is 0 Å². The molecule has 1 amide bonds. The van der Waals surface area contributed by atoms with Gasteiger partial charge in [0.1, 0.15) is 12.6 Å². The van der Waals surface area contributed by atoms with Gasteiger partial charge >= 0.3 is 17.9 Å². The van der Waals surface area contributed by atoms with Crippen LogP contribution in [-0.4, -0.2) is 62.1 Å². The van der Waals surface area contributed by atoms with Crippen molar-refractivity contribution in [3.8, 4) is 0 Å². The molecule has 1 fully saturated rings. The highest BCUT2D eigenvalue weighted by molar-refractivity contribution is 6.00. The van der Waals surface area contributed by atoms with Crippen LogP contribution in [0.5, 0.6) is 0 Å². The fraction of sp³-hybridized carbons (Fsp3) is 0.304. The van der Waals surface area contributed by atoms with Crippen LogP contribution in [0, 0.1) is 0 Å². The molecular weight excluding hydrogens is 416 g/mol. The van der Waals surface area contributed by atoms with Gasteiger partial charge in [0.2, 0.25) is 5.91 Å². The lowest BCUT2D eigenvalue weighted by molar-refractivity contribution is -0.159. The molecule has 168 valence electrons. The third-order valence-corrected chi connectivity index (χ3v) is 5.00. The second-order valence-electron chi connectivity index (χ2n) is 7.17. The Morgan fingerprint density at radius 1 is 1.03 bits per heavy atom. The van der Waals surface area contributed by atoms with Gasteiger partial charge in [-0.25, -0.2) is 9.59 Å². The highest BCUT2D eigenvalue weighted by Crippen LogP contribution is 2.20. The lowest BCUT2D eigenvalue weighted by Crippen LogP contribution is -2.49. The largest absolute Gasteiger partial charge is 0.465 e. The SMILES string of the molecule is COC(=O)c1cc(NC(=O)CC2C(=O)OCCN2Cc2ccccc2)cc(C(=O)OC)c1. The average Bonchev–Trinajstić information content (AvgIpc) is 2.80. The van der Waals surface area contributed by atoms with Crippen LogP contribution in [0.4, 0.5) is 5.69 Å². The van der Waals surface area contributed by atoms with Gasteiger partial charge < -0.3 is 19.5 Å². The van der Waals surface area contributed by atoms with Crippen molar-refractivity contribution in [1.82, 2.24) is 4.90 Å². The number of hydrogen-bond donors (Lipinski definition) is 1. The van der Waals surface area contributed by atoms with Crippen LogP contribution in [-0.2, 0) is 30.3 Å². The number of methoxy groups -OCH3 is 2. The Morgan fingerprint density at radius 2 is 1.66 bits per heavy atom. The molecule has 2 aromatic carbocycles. The molecule has 1 atom stereocenters. The first-order chi connectivity index (χ1) is 15.4. The lowest BCUT2D eigenvalue weighted by atomic mass is 10.1. The summed E-state index contributed by atoms with van der Waals surface area (Å²) < 4.78 is 14.6. The zero-order valence-electron chi connectivity index (χ0n) is 17.8. The third-order valence-electron chi connectivity index (χ3n) is 5.00. The number of carbonyl (C=O) groups is 4. The molecule has 2 aromatic rings. The second kappa shape index (κ2) is 10.5. The van der Waals surface area contributed by atoms with E-state index < -0.39 is 29.9 Å². The van der Waals surface area contributed by atoms with E-state index in [9.17, 15) is 19.2 Å². The summed E-state index contributed by atoms with van der Waals surface area (Å²) in [4.78, 5) is 50.9. The normalized spacial score (nSPS) is 16.1. The number of anilines is 1. The van der Waals surface area contributed by atoms with Gasteiger partial charge in [-0.15, -0.1) is 0 Å². The Kier molecular flexibility index (Phi) is 7.56. The first-order valence-electron chi connectivity index (χ1n) is 9.97. The van der Waals surface area contributed by atoms with Crippen LogP contribution in [0.15, 0.2) is 48.5 Å². The highest BCUT2D eigenvalue weighted by Gasteiger charge is 2.33. The van der Waals surface area contributed by atoms with Crippen LogP contribution in [0.25, 0.3) is 0 Å². The number of morpholine rings is 1. The van der Waals surface area contributed by atoms with E-state index in [0.717, 1.165) is 5.56 Å². The fourth-order valence-electron chi connectivity index (χ4n) is 3.44. The van der Waals surface area contributed by atoms with Crippen molar-refractivity contribution in [2.24, 2.45) is 0 Å². The van der Waals surface area contributed by atoms with Crippen molar-refractivity contribution >= 4 is 29.5 Å². The van der Waals surface area contributed by atoms with Crippen molar-refractivity contribution in [2.75, 3.05) is 32.7 Å². The summed E-state index contributed by atoms with van der Waals surface area (Å²) in [5, 5.41) is 2.64. The molecule has 0 spiro atoms. The zero-order valence-corrected chi connectivity index (χ0v) is 17.8. The summed E-state index contributed by atoms with van der Waals surface area (Å²) in [6.45, 7) is 1.26. The molecule has 9 heteroatoms. The molecule has 0 aromatic heterocycles. The Balaban J connectivity index is 1.76. The van der Waals surface area contributed by atoms with E-state index in [1.807, 2.05) is 35.2 Å². The van der Waals surface area contributed by atoms with Gasteiger partial charge in [0.05, 0.1) is 31.8 Å². The van der Waals surface area contributed by atoms with E-state index in [-0.39, 0.29) is 29.8 Å². The predicted octanol–water partition coefficient (Wildman–Crippen LogP) is 2.02. The van der Waals surface area contributed by atoms with Crippen molar-refractivity contribution in [3.63, 3.8) is 0 Å². The van der Waals surface area contributed by atoms with Crippen molar-refractivity contribution in [3.05, 3.63) is 65.2 Å². The number of cyclic esters (lactones) is 1. The van der Waals surface area contributed by atoms with Crippen LogP contribution < -0.4 is 5.32 Å². The predicted molar refractivity (Wildman–Crippen MR) is 114 cm³/mol. The molecule has 0 aliphatic carbocycles. The van der Waals surface area contributed by atoms with Gasteiger partial charge in [-0.1, -0.05) is 30.3 Å². The van der Waals surface area contributed by atoms with Crippen molar-refractivity contribution < 1.29 is 33.4 Å². The monoisotopic (exact) mass is 440 g/mol. The Hall–Kier alpha value is -3.72. The smallest absolute Gasteiger partial charge is 0.337 e. The molecular formula is C23H24N2O7. The molecule has 1 N–H and O–H groups in total. The topological polar surface area (TPSA) is 111 Å². The van der Waals surface area contributed by atoms with E-state index in [4.69, 9.17) is 14.2 Å². The van der Waals surface area contributed by atoms with Gasteiger partial charge in [0.15, 0.2) is 0 Å². The first kappa shape index (κ1) is 23.0. The summed E-state index contributed by atoms with van der Waals surface area (Å²) in [6, 6.07) is 12.9. The number of benzene rings is 2. The van der Waals surface area contributed by atoms with Crippen LogP contribution >= 0.6 is 0 Å². The molecule has 32 heavy (non-hydrogen) atoms. The maximum atomic E-state index is 12.7. The molecule has 1 unspecified atom stereocenters. The Bertz CT molecular complexity index is 972. The van der Waals surface area contributed by atoms with Crippen LogP contribution in [0.2, 0.25) is 0 Å². The summed E-state index contributed by atoms with van der Waals surface area (Å²) in [6.07, 6.45) is -0.151. The fourth-order valence-corrected chi connectivity index (χ4v) is 3.44. The molecule has 0 bridgehead atoms. The number of esters is 3. The summed E-state index contributed by atoms with van der Waals surface area (Å²) in [5.41, 5.74) is 1.38. The van der Waals surface area contributed by atoms with E-state index in [2.05, 4.69) is 5.32 Å². The molecule has 0 saturated carbocycles. The van der Waals surface area contributed by atoms with E-state index in [1.165, 1.54) is 32.4 Å². The lowest BCUT2D eigenvalue weighted by Gasteiger charge is -2.33. The molecule has 1 aliphatic rings. The molecule has 3 rings (SSSR count). The van der Waals surface area contributed by atoms with E-state index in [0.29, 0.717) is 13.1 Å². The summed E-state index contributed by atoms with van der Waals surface area (Å²) >= 11 is 0. The van der Waals surface area contributed by atoms with Gasteiger partial charge in [0.25, 0.3) is 0 Å². The Morgan fingerprint density at radius 3 is 2.25 bits per heavy atom. The maximum Gasteiger partial charge on any atom is 0.337 e. The standard InChI is InChI=1S/C23H24N2O7/c1-30-21(27)16-10-17(22(28)31-2)12-18(11-16)24-20(26)13-19-23(29)32-9-8-25(19)14-15-6-4-3-5-7-15/h3-7,10-12,19H,8-9,13-14H2,1-2H3,(H,24,26). The van der Waals surface area contributed by atoms with Gasteiger partial charge in [-0.2, -0.15) is 0 Å². The molecule has 1 saturated heterocycles. The molecule has 0 radical (unpaired) electrons. The quantitative estimate of drug-likeness (QED) is 0.514. The molecule has 1 aliphatic heterocycles. The van der Waals surface area contributed by atoms with Gasteiger partial charge in [-0.3, -0.25) is 14.5 Å². The number of ether oxygens (including phenoxy) is 3. The average molecular weight is 440 g/mol. The molecule has 9 nitrogen and oxygen atoms in total. The minimum atomic E-state index is -0.757. The Labute approximate surface area is 185 Å². The number of nitrogens with one attached hydrogen (secondary N) is 1. The van der Waals surface area contributed by atoms with Gasteiger partial charge in [-0.05, 0) is 23.8 Å². The number of amides is 1. The highest BCUT2D eigenvalue weighted by atomic mass is 16.5. The van der Waals surface area contributed by atoms with Crippen LogP contribution in [0.1, 0.15) is 32.7 Å². The maximum absolute atomic E-state index is 12.7. The minimum Gasteiger partial charge on any atom is -0.465 e.